The molecule has 0 bridgehead atoms. The van der Waals surface area contributed by atoms with Gasteiger partial charge in [0.05, 0.1) is 23.8 Å². The molecule has 1 N–H and O–H groups in total. The third-order valence-corrected chi connectivity index (χ3v) is 4.84. The number of anilines is 1. The Labute approximate surface area is 179 Å². The molecule has 0 fully saturated rings. The fourth-order valence-electron chi connectivity index (χ4n) is 2.77. The number of aryl methyl sites for hydroxylation is 2. The molecule has 0 aromatic heterocycles. The van der Waals surface area contributed by atoms with Crippen LogP contribution in [0.3, 0.4) is 0 Å². The van der Waals surface area contributed by atoms with Gasteiger partial charge in [0.15, 0.2) is 18.1 Å². The molecule has 0 aliphatic rings. The average Bonchev–Trinajstić information content (AvgIpc) is 2.71. The highest BCUT2D eigenvalue weighted by atomic mass is 79.9. The van der Waals surface area contributed by atoms with Crippen LogP contribution in [0, 0.1) is 6.92 Å². The average molecular weight is 464 g/mol. The first-order chi connectivity index (χ1) is 13.9. The molecule has 2 aromatic carbocycles. The van der Waals surface area contributed by atoms with Gasteiger partial charge in [-0.25, -0.2) is 4.79 Å². The van der Waals surface area contributed by atoms with Crippen LogP contribution in [0.25, 0.3) is 0 Å². The summed E-state index contributed by atoms with van der Waals surface area (Å²) in [5.74, 6) is -0.0787. The van der Waals surface area contributed by atoms with E-state index in [2.05, 4.69) is 21.2 Å². The van der Waals surface area contributed by atoms with Crippen LogP contribution >= 0.6 is 15.9 Å². The number of hydrogen-bond acceptors (Lipinski definition) is 5. The van der Waals surface area contributed by atoms with E-state index in [1.165, 1.54) is 13.2 Å². The second-order valence-corrected chi connectivity index (χ2v) is 7.28. The number of carbonyl (C=O) groups excluding carboxylic acids is 2. The van der Waals surface area contributed by atoms with Crippen LogP contribution in [-0.4, -0.2) is 32.2 Å². The molecule has 29 heavy (non-hydrogen) atoms. The first-order valence-electron chi connectivity index (χ1n) is 9.47. The van der Waals surface area contributed by atoms with Crippen molar-refractivity contribution in [2.24, 2.45) is 0 Å². The second-order valence-electron chi connectivity index (χ2n) is 6.42. The summed E-state index contributed by atoms with van der Waals surface area (Å²) in [6.07, 6.45) is 1.63. The van der Waals surface area contributed by atoms with Gasteiger partial charge < -0.3 is 19.5 Å². The molecule has 6 nitrogen and oxygen atoms in total. The third-order valence-electron chi connectivity index (χ3n) is 4.25. The third kappa shape index (κ3) is 5.97. The molecule has 0 saturated carbocycles. The Morgan fingerprint density at radius 3 is 2.59 bits per heavy atom. The predicted octanol–water partition coefficient (Wildman–Crippen LogP) is 4.91. The summed E-state index contributed by atoms with van der Waals surface area (Å²) in [6.45, 7) is 6.08. The Balaban J connectivity index is 2.05. The van der Waals surface area contributed by atoms with Crippen molar-refractivity contribution in [1.82, 2.24) is 0 Å². The molecule has 0 aliphatic carbocycles. The van der Waals surface area contributed by atoms with E-state index in [4.69, 9.17) is 14.2 Å². The highest BCUT2D eigenvalue weighted by molar-refractivity contribution is 9.10. The summed E-state index contributed by atoms with van der Waals surface area (Å²) >= 11 is 3.39. The van der Waals surface area contributed by atoms with Crippen LogP contribution in [0.15, 0.2) is 34.8 Å². The fourth-order valence-corrected chi connectivity index (χ4v) is 3.33. The van der Waals surface area contributed by atoms with Gasteiger partial charge in [-0.15, -0.1) is 0 Å². The number of methoxy groups -OCH3 is 1. The molecular formula is C22H26BrNO5. The van der Waals surface area contributed by atoms with Gasteiger partial charge in [-0.3, -0.25) is 4.79 Å². The lowest BCUT2D eigenvalue weighted by Gasteiger charge is -2.14. The fraction of sp³-hybridized carbons (Fsp3) is 0.364. The maximum atomic E-state index is 12.4. The van der Waals surface area contributed by atoms with Gasteiger partial charge in [-0.1, -0.05) is 32.0 Å². The van der Waals surface area contributed by atoms with Gasteiger partial charge in [0, 0.05) is 5.69 Å². The highest BCUT2D eigenvalue weighted by Gasteiger charge is 2.18. The predicted molar refractivity (Wildman–Crippen MR) is 116 cm³/mol. The number of para-hydroxylation sites is 1. The van der Waals surface area contributed by atoms with Crippen molar-refractivity contribution in [3.05, 3.63) is 51.5 Å². The van der Waals surface area contributed by atoms with Gasteiger partial charge in [-0.05, 0) is 59.0 Å². The number of hydrogen-bond donors (Lipinski definition) is 1. The zero-order valence-electron chi connectivity index (χ0n) is 17.1. The lowest BCUT2D eigenvalue weighted by Crippen LogP contribution is -2.22. The molecule has 2 rings (SSSR count). The first kappa shape index (κ1) is 22.7. The van der Waals surface area contributed by atoms with Crippen molar-refractivity contribution < 1.29 is 23.8 Å². The van der Waals surface area contributed by atoms with Gasteiger partial charge in [0.2, 0.25) is 0 Å². The number of rotatable bonds is 9. The Hall–Kier alpha value is -2.54. The minimum Gasteiger partial charge on any atom is -0.493 e. The molecule has 0 saturated heterocycles. The standard InChI is InChI=1S/C22H26BrNO5/c1-5-10-28-21-17(23)11-16(12-18(21)27-4)22(26)29-13-19(25)24-20-14(3)8-7-9-15(20)6-2/h7-9,11-12H,5-6,10,13H2,1-4H3,(H,24,25). The van der Waals surface area contributed by atoms with E-state index in [-0.39, 0.29) is 12.2 Å². The van der Waals surface area contributed by atoms with E-state index in [1.807, 2.05) is 39.0 Å². The van der Waals surface area contributed by atoms with Crippen LogP contribution in [0.2, 0.25) is 0 Å². The molecule has 2 aromatic rings. The number of amides is 1. The van der Waals surface area contributed by atoms with Crippen molar-refractivity contribution in [1.29, 1.82) is 0 Å². The lowest BCUT2D eigenvalue weighted by molar-refractivity contribution is -0.119. The Morgan fingerprint density at radius 1 is 1.17 bits per heavy atom. The number of ether oxygens (including phenoxy) is 3. The Bertz CT molecular complexity index is 882. The van der Waals surface area contributed by atoms with Gasteiger partial charge in [0.1, 0.15) is 0 Å². The summed E-state index contributed by atoms with van der Waals surface area (Å²) in [5.41, 5.74) is 3.01. The van der Waals surface area contributed by atoms with Gasteiger partial charge in [0.25, 0.3) is 5.91 Å². The van der Waals surface area contributed by atoms with Crippen molar-refractivity contribution >= 4 is 33.5 Å². The van der Waals surface area contributed by atoms with Crippen LogP contribution in [-0.2, 0) is 16.0 Å². The number of nitrogens with one attached hydrogen (secondary N) is 1. The molecule has 0 atom stereocenters. The molecule has 0 heterocycles. The summed E-state index contributed by atoms with van der Waals surface area (Å²) < 4.78 is 16.7. The number of benzene rings is 2. The van der Waals surface area contributed by atoms with E-state index in [1.54, 1.807) is 6.07 Å². The topological polar surface area (TPSA) is 73.9 Å². The van der Waals surface area contributed by atoms with E-state index < -0.39 is 11.9 Å². The first-order valence-corrected chi connectivity index (χ1v) is 10.3. The molecule has 0 radical (unpaired) electrons. The van der Waals surface area contributed by atoms with Gasteiger partial charge >= 0.3 is 5.97 Å². The summed E-state index contributed by atoms with van der Waals surface area (Å²) in [4.78, 5) is 24.7. The minimum atomic E-state index is -0.623. The van der Waals surface area contributed by atoms with Crippen LogP contribution in [0.4, 0.5) is 5.69 Å². The maximum absolute atomic E-state index is 12.4. The lowest BCUT2D eigenvalue weighted by atomic mass is 10.1. The zero-order valence-corrected chi connectivity index (χ0v) is 18.7. The largest absolute Gasteiger partial charge is 0.493 e. The summed E-state index contributed by atoms with van der Waals surface area (Å²) in [6, 6.07) is 8.95. The highest BCUT2D eigenvalue weighted by Crippen LogP contribution is 2.37. The van der Waals surface area contributed by atoms with Gasteiger partial charge in [-0.2, -0.15) is 0 Å². The number of halogens is 1. The van der Waals surface area contributed by atoms with Crippen LogP contribution in [0.5, 0.6) is 11.5 Å². The molecule has 1 amide bonds. The van der Waals surface area contributed by atoms with Crippen molar-refractivity contribution in [2.45, 2.75) is 33.6 Å². The Morgan fingerprint density at radius 2 is 1.93 bits per heavy atom. The summed E-state index contributed by atoms with van der Waals surface area (Å²) in [5, 5.41) is 2.83. The van der Waals surface area contributed by atoms with E-state index in [9.17, 15) is 9.59 Å². The number of esters is 1. The van der Waals surface area contributed by atoms with E-state index in [0.717, 1.165) is 29.7 Å². The Kier molecular flexibility index (Phi) is 8.51. The zero-order chi connectivity index (χ0) is 21.4. The molecular weight excluding hydrogens is 438 g/mol. The van der Waals surface area contributed by atoms with Crippen molar-refractivity contribution in [2.75, 3.05) is 25.6 Å². The maximum Gasteiger partial charge on any atom is 0.338 e. The molecule has 0 unspecified atom stereocenters. The summed E-state index contributed by atoms with van der Waals surface area (Å²) in [7, 11) is 1.50. The quantitative estimate of drug-likeness (QED) is 0.534. The molecule has 0 spiro atoms. The molecule has 0 aliphatic heterocycles. The smallest absolute Gasteiger partial charge is 0.338 e. The normalized spacial score (nSPS) is 10.4. The minimum absolute atomic E-state index is 0.260. The monoisotopic (exact) mass is 463 g/mol. The second kappa shape index (κ2) is 10.9. The van der Waals surface area contributed by atoms with Crippen molar-refractivity contribution in [3.63, 3.8) is 0 Å². The van der Waals surface area contributed by atoms with Crippen molar-refractivity contribution in [3.8, 4) is 11.5 Å². The molecule has 156 valence electrons. The number of carbonyl (C=O) groups is 2. The SMILES string of the molecule is CCCOc1c(Br)cc(C(=O)OCC(=O)Nc2c(C)cccc2CC)cc1OC. The van der Waals surface area contributed by atoms with Crippen LogP contribution in [0.1, 0.15) is 41.8 Å². The van der Waals surface area contributed by atoms with E-state index >= 15 is 0 Å². The molecule has 7 heteroatoms. The van der Waals surface area contributed by atoms with Crippen LogP contribution < -0.4 is 14.8 Å². The van der Waals surface area contributed by atoms with E-state index in [0.29, 0.717) is 22.6 Å².